The highest BCUT2D eigenvalue weighted by Gasteiger charge is 2.15. The maximum Gasteiger partial charge on any atom is 0.223 e. The lowest BCUT2D eigenvalue weighted by atomic mass is 10.2. The van der Waals surface area contributed by atoms with E-state index in [2.05, 4.69) is 5.32 Å². The number of ether oxygens (including phenoxy) is 2. The van der Waals surface area contributed by atoms with Gasteiger partial charge in [0, 0.05) is 45.8 Å². The number of methoxy groups -OCH3 is 2. The largest absolute Gasteiger partial charge is 0.495 e. The fourth-order valence-corrected chi connectivity index (χ4v) is 2.29. The molecule has 1 N–H and O–H groups in total. The molecule has 0 fully saturated rings. The van der Waals surface area contributed by atoms with Gasteiger partial charge >= 0.3 is 0 Å². The number of nitrogens with zero attached hydrogens (tertiary/aromatic N) is 1. The summed E-state index contributed by atoms with van der Waals surface area (Å²) in [5, 5.41) is 3.21. The van der Waals surface area contributed by atoms with Crippen molar-refractivity contribution in [1.29, 1.82) is 0 Å². The van der Waals surface area contributed by atoms with Gasteiger partial charge in [-0.2, -0.15) is 0 Å². The van der Waals surface area contributed by atoms with Gasteiger partial charge in [-0.05, 0) is 24.6 Å². The SMILES string of the molecule is COCCCNC(=O)CCN(C(C)=O)c1ccc(OC)c(Cl)c1. The van der Waals surface area contributed by atoms with Crippen LogP contribution >= 0.6 is 11.6 Å². The lowest BCUT2D eigenvalue weighted by Crippen LogP contribution is -2.34. The molecule has 1 aromatic carbocycles. The average molecular weight is 343 g/mol. The molecule has 7 heteroatoms. The zero-order valence-corrected chi connectivity index (χ0v) is 14.5. The Hall–Kier alpha value is -1.79. The molecule has 23 heavy (non-hydrogen) atoms. The van der Waals surface area contributed by atoms with Gasteiger partial charge in [-0.1, -0.05) is 11.6 Å². The first-order chi connectivity index (χ1) is 11.0. The van der Waals surface area contributed by atoms with Crippen LogP contribution in [0.4, 0.5) is 5.69 Å². The summed E-state index contributed by atoms with van der Waals surface area (Å²) in [6.07, 6.45) is 0.975. The Morgan fingerprint density at radius 1 is 1.30 bits per heavy atom. The minimum atomic E-state index is -0.154. The molecule has 0 aliphatic rings. The van der Waals surface area contributed by atoms with Crippen molar-refractivity contribution in [3.63, 3.8) is 0 Å². The third-order valence-electron chi connectivity index (χ3n) is 3.24. The Bertz CT molecular complexity index is 537. The number of benzene rings is 1. The van der Waals surface area contributed by atoms with Gasteiger partial charge in [-0.15, -0.1) is 0 Å². The van der Waals surface area contributed by atoms with E-state index in [4.69, 9.17) is 21.1 Å². The second kappa shape index (κ2) is 10.1. The highest BCUT2D eigenvalue weighted by Crippen LogP contribution is 2.29. The molecule has 0 aromatic heterocycles. The van der Waals surface area contributed by atoms with Crippen LogP contribution in [-0.4, -0.2) is 45.7 Å². The third kappa shape index (κ3) is 6.46. The number of carbonyl (C=O) groups excluding carboxylic acids is 2. The van der Waals surface area contributed by atoms with Gasteiger partial charge in [-0.25, -0.2) is 0 Å². The van der Waals surface area contributed by atoms with E-state index < -0.39 is 0 Å². The summed E-state index contributed by atoms with van der Waals surface area (Å²) in [4.78, 5) is 25.1. The van der Waals surface area contributed by atoms with Crippen molar-refractivity contribution >= 4 is 29.1 Å². The van der Waals surface area contributed by atoms with Crippen LogP contribution in [0.25, 0.3) is 0 Å². The average Bonchev–Trinajstić information content (AvgIpc) is 2.51. The summed E-state index contributed by atoms with van der Waals surface area (Å²) in [6, 6.07) is 5.08. The van der Waals surface area contributed by atoms with Crippen molar-refractivity contribution < 1.29 is 19.1 Å². The Morgan fingerprint density at radius 3 is 2.61 bits per heavy atom. The monoisotopic (exact) mass is 342 g/mol. The van der Waals surface area contributed by atoms with E-state index in [0.717, 1.165) is 6.42 Å². The Morgan fingerprint density at radius 2 is 2.04 bits per heavy atom. The molecular formula is C16H23ClN2O4. The van der Waals surface area contributed by atoms with Gasteiger partial charge in [0.15, 0.2) is 0 Å². The number of amides is 2. The van der Waals surface area contributed by atoms with Crippen LogP contribution in [0.5, 0.6) is 5.75 Å². The number of hydrogen-bond acceptors (Lipinski definition) is 4. The fourth-order valence-electron chi connectivity index (χ4n) is 2.04. The summed E-state index contributed by atoms with van der Waals surface area (Å²) in [5.41, 5.74) is 0.635. The lowest BCUT2D eigenvalue weighted by Gasteiger charge is -2.21. The molecule has 0 unspecified atom stereocenters. The molecule has 128 valence electrons. The highest BCUT2D eigenvalue weighted by atomic mass is 35.5. The Balaban J connectivity index is 2.60. The van der Waals surface area contributed by atoms with E-state index in [9.17, 15) is 9.59 Å². The van der Waals surface area contributed by atoms with Crippen molar-refractivity contribution in [3.05, 3.63) is 23.2 Å². The molecule has 2 amide bonds. The van der Waals surface area contributed by atoms with Crippen LogP contribution < -0.4 is 15.0 Å². The number of halogens is 1. The Kier molecular flexibility index (Phi) is 8.43. The molecule has 0 heterocycles. The topological polar surface area (TPSA) is 67.9 Å². The summed E-state index contributed by atoms with van der Waals surface area (Å²) >= 11 is 6.09. The molecule has 1 aromatic rings. The fraction of sp³-hybridized carbons (Fsp3) is 0.500. The minimum absolute atomic E-state index is 0.105. The highest BCUT2D eigenvalue weighted by molar-refractivity contribution is 6.32. The van der Waals surface area contributed by atoms with Crippen molar-refractivity contribution in [2.75, 3.05) is 38.8 Å². The van der Waals surface area contributed by atoms with Crippen LogP contribution in [0.1, 0.15) is 19.8 Å². The smallest absolute Gasteiger partial charge is 0.223 e. The van der Waals surface area contributed by atoms with Crippen LogP contribution in [0.3, 0.4) is 0 Å². The maximum atomic E-state index is 11.8. The molecule has 0 saturated heterocycles. The van der Waals surface area contributed by atoms with Gasteiger partial charge in [0.1, 0.15) is 5.75 Å². The minimum Gasteiger partial charge on any atom is -0.495 e. The van der Waals surface area contributed by atoms with E-state index in [1.165, 1.54) is 18.9 Å². The van der Waals surface area contributed by atoms with E-state index in [1.807, 2.05) is 0 Å². The quantitative estimate of drug-likeness (QED) is 0.699. The summed E-state index contributed by atoms with van der Waals surface area (Å²) in [5.74, 6) is 0.278. The zero-order valence-electron chi connectivity index (χ0n) is 13.7. The van der Waals surface area contributed by atoms with Crippen LogP contribution in [0, 0.1) is 0 Å². The number of nitrogens with one attached hydrogen (secondary N) is 1. The van der Waals surface area contributed by atoms with Crippen LogP contribution in [-0.2, 0) is 14.3 Å². The van der Waals surface area contributed by atoms with Crippen molar-refractivity contribution in [2.45, 2.75) is 19.8 Å². The molecule has 0 aliphatic heterocycles. The van der Waals surface area contributed by atoms with E-state index in [1.54, 1.807) is 25.3 Å². The number of anilines is 1. The summed E-state index contributed by atoms with van der Waals surface area (Å²) in [6.45, 7) is 2.90. The molecule has 0 spiro atoms. The second-order valence-corrected chi connectivity index (χ2v) is 5.34. The second-order valence-electron chi connectivity index (χ2n) is 4.94. The van der Waals surface area contributed by atoms with Crippen molar-refractivity contribution in [1.82, 2.24) is 5.32 Å². The molecule has 0 saturated carbocycles. The molecule has 0 aliphatic carbocycles. The molecule has 0 radical (unpaired) electrons. The molecule has 0 bridgehead atoms. The number of carbonyl (C=O) groups is 2. The maximum absolute atomic E-state index is 11.8. The van der Waals surface area contributed by atoms with E-state index in [0.29, 0.717) is 29.6 Å². The van der Waals surface area contributed by atoms with Gasteiger partial charge in [0.25, 0.3) is 0 Å². The van der Waals surface area contributed by atoms with Gasteiger partial charge in [0.2, 0.25) is 11.8 Å². The van der Waals surface area contributed by atoms with Gasteiger partial charge < -0.3 is 19.7 Å². The van der Waals surface area contributed by atoms with E-state index >= 15 is 0 Å². The van der Waals surface area contributed by atoms with Crippen molar-refractivity contribution in [3.8, 4) is 5.75 Å². The molecule has 6 nitrogen and oxygen atoms in total. The number of hydrogen-bond donors (Lipinski definition) is 1. The predicted molar refractivity (Wildman–Crippen MR) is 90.2 cm³/mol. The Labute approximate surface area is 141 Å². The summed E-state index contributed by atoms with van der Waals surface area (Å²) < 4.78 is 10.0. The molecule has 1 rings (SSSR count). The van der Waals surface area contributed by atoms with Crippen LogP contribution in [0.2, 0.25) is 5.02 Å². The standard InChI is InChI=1S/C16H23ClN2O4/c1-12(20)19(9-7-16(21)18-8-4-10-22-2)13-5-6-15(23-3)14(17)11-13/h5-6,11H,4,7-10H2,1-3H3,(H,18,21). The summed E-state index contributed by atoms with van der Waals surface area (Å²) in [7, 11) is 3.14. The van der Waals surface area contributed by atoms with E-state index in [-0.39, 0.29) is 24.8 Å². The molecular weight excluding hydrogens is 320 g/mol. The lowest BCUT2D eigenvalue weighted by molar-refractivity contribution is -0.121. The first-order valence-corrected chi connectivity index (χ1v) is 7.74. The first-order valence-electron chi connectivity index (χ1n) is 7.37. The van der Waals surface area contributed by atoms with Gasteiger partial charge in [0.05, 0.1) is 12.1 Å². The third-order valence-corrected chi connectivity index (χ3v) is 3.53. The molecule has 0 atom stereocenters. The number of rotatable bonds is 9. The first kappa shape index (κ1) is 19.3. The van der Waals surface area contributed by atoms with Crippen LogP contribution in [0.15, 0.2) is 18.2 Å². The van der Waals surface area contributed by atoms with Crippen molar-refractivity contribution in [2.24, 2.45) is 0 Å². The van der Waals surface area contributed by atoms with Gasteiger partial charge in [-0.3, -0.25) is 9.59 Å². The zero-order chi connectivity index (χ0) is 17.2. The predicted octanol–water partition coefficient (Wildman–Crippen LogP) is 2.24. The normalized spacial score (nSPS) is 10.3.